The molecule has 20 heavy (non-hydrogen) atoms. The van der Waals surface area contributed by atoms with Crippen molar-refractivity contribution in [2.24, 2.45) is 5.41 Å². The van der Waals surface area contributed by atoms with Crippen molar-refractivity contribution in [3.63, 3.8) is 0 Å². The van der Waals surface area contributed by atoms with Crippen molar-refractivity contribution in [3.05, 3.63) is 33.9 Å². The maximum Gasteiger partial charge on any atom is 0.311 e. The monoisotopic (exact) mass is 277 g/mol. The van der Waals surface area contributed by atoms with E-state index in [9.17, 15) is 14.9 Å². The minimum atomic E-state index is -0.700. The molecule has 0 heterocycles. The van der Waals surface area contributed by atoms with Gasteiger partial charge in [0.2, 0.25) is 0 Å². The van der Waals surface area contributed by atoms with Crippen LogP contribution in [-0.4, -0.2) is 24.5 Å². The van der Waals surface area contributed by atoms with Gasteiger partial charge in [-0.15, -0.1) is 0 Å². The smallest absolute Gasteiger partial charge is 0.311 e. The van der Waals surface area contributed by atoms with E-state index in [4.69, 9.17) is 10.00 Å². The number of hydrogen-bond acceptors (Lipinski definition) is 5. The highest BCUT2D eigenvalue weighted by Crippen LogP contribution is 2.27. The van der Waals surface area contributed by atoms with Gasteiger partial charge < -0.3 is 10.1 Å². The van der Waals surface area contributed by atoms with Gasteiger partial charge in [0.05, 0.1) is 23.5 Å². The number of ether oxygens (including phenoxy) is 1. The molecule has 0 aliphatic heterocycles. The van der Waals surface area contributed by atoms with E-state index in [0.29, 0.717) is 0 Å². The van der Waals surface area contributed by atoms with Crippen LogP contribution in [0.25, 0.3) is 0 Å². The number of nitriles is 1. The molecule has 1 N–H and O–H groups in total. The van der Waals surface area contributed by atoms with Crippen LogP contribution in [0.5, 0.6) is 5.75 Å². The van der Waals surface area contributed by atoms with Crippen LogP contribution in [0.15, 0.2) is 18.2 Å². The van der Waals surface area contributed by atoms with Gasteiger partial charge in [0, 0.05) is 18.2 Å². The number of nitro groups is 1. The second-order valence-electron chi connectivity index (χ2n) is 4.82. The number of nitrogens with zero attached hydrogens (tertiary/aromatic N) is 2. The highest BCUT2D eigenvalue weighted by Gasteiger charge is 2.21. The molecular weight excluding hydrogens is 262 g/mol. The molecule has 0 unspecified atom stereocenters. The van der Waals surface area contributed by atoms with E-state index in [1.165, 1.54) is 19.2 Å². The van der Waals surface area contributed by atoms with Crippen molar-refractivity contribution in [1.82, 2.24) is 5.32 Å². The van der Waals surface area contributed by atoms with Crippen molar-refractivity contribution >= 4 is 11.6 Å². The maximum absolute atomic E-state index is 11.9. The molecule has 0 aromatic heterocycles. The third-order valence-corrected chi connectivity index (χ3v) is 2.63. The van der Waals surface area contributed by atoms with Crippen LogP contribution in [0.2, 0.25) is 0 Å². The Morgan fingerprint density at radius 2 is 2.20 bits per heavy atom. The third kappa shape index (κ3) is 3.68. The summed E-state index contributed by atoms with van der Waals surface area (Å²) in [6.07, 6.45) is 0. The molecule has 1 aromatic carbocycles. The predicted molar refractivity (Wildman–Crippen MR) is 71.4 cm³/mol. The summed E-state index contributed by atoms with van der Waals surface area (Å²) in [6, 6.07) is 5.99. The molecule has 1 rings (SSSR count). The van der Waals surface area contributed by atoms with E-state index in [-0.39, 0.29) is 23.5 Å². The lowest BCUT2D eigenvalue weighted by Crippen LogP contribution is -2.33. The van der Waals surface area contributed by atoms with Crippen LogP contribution < -0.4 is 10.1 Å². The minimum Gasteiger partial charge on any atom is -0.490 e. The van der Waals surface area contributed by atoms with Crippen molar-refractivity contribution < 1.29 is 14.5 Å². The summed E-state index contributed by atoms with van der Waals surface area (Å²) in [5, 5.41) is 22.3. The maximum atomic E-state index is 11.9. The molecule has 0 saturated heterocycles. The average molecular weight is 277 g/mol. The van der Waals surface area contributed by atoms with Gasteiger partial charge >= 0.3 is 5.69 Å². The molecule has 7 nitrogen and oxygen atoms in total. The lowest BCUT2D eigenvalue weighted by Gasteiger charge is -2.15. The number of nitrogens with one attached hydrogen (secondary N) is 1. The zero-order chi connectivity index (χ0) is 15.3. The Morgan fingerprint density at radius 1 is 1.55 bits per heavy atom. The van der Waals surface area contributed by atoms with Gasteiger partial charge in [0.15, 0.2) is 5.75 Å². The summed E-state index contributed by atoms with van der Waals surface area (Å²) in [4.78, 5) is 22.2. The standard InChI is InChI=1S/C13H15N3O4/c1-13(2,7-14)8-15-12(17)9-4-5-11(20-3)10(6-9)16(18)19/h4-6H,8H2,1-3H3,(H,15,17). The normalized spacial score (nSPS) is 10.5. The lowest BCUT2D eigenvalue weighted by atomic mass is 9.96. The second-order valence-corrected chi connectivity index (χ2v) is 4.82. The Labute approximate surface area is 116 Å². The van der Waals surface area contributed by atoms with Gasteiger partial charge in [-0.1, -0.05) is 0 Å². The Morgan fingerprint density at radius 3 is 2.70 bits per heavy atom. The summed E-state index contributed by atoms with van der Waals surface area (Å²) < 4.78 is 4.86. The number of carbonyl (C=O) groups excluding carboxylic acids is 1. The van der Waals surface area contributed by atoms with E-state index >= 15 is 0 Å². The molecule has 0 bridgehead atoms. The van der Waals surface area contributed by atoms with Crippen LogP contribution in [-0.2, 0) is 0 Å². The van der Waals surface area contributed by atoms with E-state index in [0.717, 1.165) is 6.07 Å². The number of hydrogen-bond donors (Lipinski definition) is 1. The van der Waals surface area contributed by atoms with Gasteiger partial charge in [-0.05, 0) is 26.0 Å². The first kappa shape index (κ1) is 15.4. The van der Waals surface area contributed by atoms with Crippen LogP contribution >= 0.6 is 0 Å². The highest BCUT2D eigenvalue weighted by molar-refractivity contribution is 5.95. The third-order valence-electron chi connectivity index (χ3n) is 2.63. The van der Waals surface area contributed by atoms with Crippen molar-refractivity contribution in [3.8, 4) is 11.8 Å². The fraction of sp³-hybridized carbons (Fsp3) is 0.385. The Bertz CT molecular complexity index is 575. The first-order valence-corrected chi connectivity index (χ1v) is 5.82. The van der Waals surface area contributed by atoms with Gasteiger partial charge in [-0.3, -0.25) is 14.9 Å². The van der Waals surface area contributed by atoms with Gasteiger partial charge in [0.1, 0.15) is 0 Å². The molecule has 0 radical (unpaired) electrons. The molecule has 1 amide bonds. The molecule has 106 valence electrons. The topological polar surface area (TPSA) is 105 Å². The van der Waals surface area contributed by atoms with E-state index in [1.54, 1.807) is 13.8 Å². The summed E-state index contributed by atoms with van der Waals surface area (Å²) in [6.45, 7) is 3.52. The first-order valence-electron chi connectivity index (χ1n) is 5.82. The number of benzene rings is 1. The molecule has 0 atom stereocenters. The Hall–Kier alpha value is -2.62. The van der Waals surface area contributed by atoms with Gasteiger partial charge in [-0.25, -0.2) is 0 Å². The number of carbonyl (C=O) groups is 1. The summed E-state index contributed by atoms with van der Waals surface area (Å²) in [5.74, 6) is -0.386. The quantitative estimate of drug-likeness (QED) is 0.653. The zero-order valence-corrected chi connectivity index (χ0v) is 11.5. The van der Waals surface area contributed by atoms with Crippen LogP contribution in [0, 0.1) is 26.9 Å². The molecule has 0 fully saturated rings. The van der Waals surface area contributed by atoms with Gasteiger partial charge in [0.25, 0.3) is 5.91 Å². The number of amides is 1. The molecule has 0 spiro atoms. The predicted octanol–water partition coefficient (Wildman–Crippen LogP) is 1.88. The summed E-state index contributed by atoms with van der Waals surface area (Å²) >= 11 is 0. The minimum absolute atomic E-state index is 0.0869. The lowest BCUT2D eigenvalue weighted by molar-refractivity contribution is -0.385. The fourth-order valence-corrected chi connectivity index (χ4v) is 1.42. The highest BCUT2D eigenvalue weighted by atomic mass is 16.6. The summed E-state index contributed by atoms with van der Waals surface area (Å²) in [7, 11) is 1.32. The number of methoxy groups -OCH3 is 1. The first-order chi connectivity index (χ1) is 9.30. The molecule has 0 aliphatic rings. The SMILES string of the molecule is COc1ccc(C(=O)NCC(C)(C)C#N)cc1[N+](=O)[O-]. The van der Waals surface area contributed by atoms with E-state index in [1.807, 2.05) is 0 Å². The molecule has 7 heteroatoms. The molecule has 1 aromatic rings. The zero-order valence-electron chi connectivity index (χ0n) is 11.5. The number of nitro benzene ring substituents is 1. The van der Waals surface area contributed by atoms with Crippen LogP contribution in [0.3, 0.4) is 0 Å². The Balaban J connectivity index is 2.93. The van der Waals surface area contributed by atoms with Gasteiger partial charge in [-0.2, -0.15) is 5.26 Å². The molecular formula is C13H15N3O4. The van der Waals surface area contributed by atoms with Crippen molar-refractivity contribution in [2.75, 3.05) is 13.7 Å². The van der Waals surface area contributed by atoms with Crippen molar-refractivity contribution in [2.45, 2.75) is 13.8 Å². The largest absolute Gasteiger partial charge is 0.490 e. The van der Waals surface area contributed by atoms with E-state index in [2.05, 4.69) is 11.4 Å². The van der Waals surface area contributed by atoms with Crippen molar-refractivity contribution in [1.29, 1.82) is 5.26 Å². The second kappa shape index (κ2) is 6.02. The van der Waals surface area contributed by atoms with Crippen LogP contribution in [0.4, 0.5) is 5.69 Å². The molecule has 0 aliphatic carbocycles. The van der Waals surface area contributed by atoms with Crippen LogP contribution in [0.1, 0.15) is 24.2 Å². The Kier molecular flexibility index (Phi) is 4.64. The fourth-order valence-electron chi connectivity index (χ4n) is 1.42. The number of rotatable bonds is 5. The van der Waals surface area contributed by atoms with E-state index < -0.39 is 16.2 Å². The average Bonchev–Trinajstić information content (AvgIpc) is 2.44. The molecule has 0 saturated carbocycles. The summed E-state index contributed by atoms with van der Waals surface area (Å²) in [5.41, 5.74) is -0.834.